The zero-order chi connectivity index (χ0) is 13.5. The SMILES string of the molecule is COc1cc(OC)c(C(Cl)CCCC=O)cc1N. The Bertz CT molecular complexity index is 409. The molecule has 0 aromatic heterocycles. The monoisotopic (exact) mass is 271 g/mol. The van der Waals surface area contributed by atoms with Crippen LogP contribution in [0.1, 0.15) is 30.2 Å². The summed E-state index contributed by atoms with van der Waals surface area (Å²) in [7, 11) is 3.12. The predicted octanol–water partition coefficient (Wildman–Crippen LogP) is 2.94. The van der Waals surface area contributed by atoms with Crippen LogP contribution in [0.15, 0.2) is 12.1 Å². The number of unbranched alkanes of at least 4 members (excludes halogenated alkanes) is 1. The van der Waals surface area contributed by atoms with E-state index in [1.807, 2.05) is 0 Å². The summed E-state index contributed by atoms with van der Waals surface area (Å²) in [6.45, 7) is 0. The number of anilines is 1. The van der Waals surface area contributed by atoms with Gasteiger partial charge in [-0.15, -0.1) is 11.6 Å². The molecule has 1 rings (SSSR count). The highest BCUT2D eigenvalue weighted by Gasteiger charge is 2.16. The summed E-state index contributed by atoms with van der Waals surface area (Å²) in [5.41, 5.74) is 7.20. The minimum Gasteiger partial charge on any atom is -0.496 e. The van der Waals surface area contributed by atoms with Gasteiger partial charge in [0.15, 0.2) is 0 Å². The van der Waals surface area contributed by atoms with Gasteiger partial charge in [-0.1, -0.05) is 0 Å². The van der Waals surface area contributed by atoms with Crippen LogP contribution in [0.4, 0.5) is 5.69 Å². The minimum absolute atomic E-state index is 0.229. The summed E-state index contributed by atoms with van der Waals surface area (Å²) in [6, 6.07) is 3.48. The fraction of sp³-hybridized carbons (Fsp3) is 0.462. The number of alkyl halides is 1. The number of nitrogens with two attached hydrogens (primary N) is 1. The van der Waals surface area contributed by atoms with Gasteiger partial charge in [0.1, 0.15) is 17.8 Å². The summed E-state index contributed by atoms with van der Waals surface area (Å²) in [5.74, 6) is 1.21. The first-order valence-corrected chi connectivity index (χ1v) is 6.16. The maximum absolute atomic E-state index is 10.3. The molecule has 0 amide bonds. The Balaban J connectivity index is 2.92. The Kier molecular flexibility index (Phi) is 5.78. The number of nitrogen functional groups attached to an aromatic ring is 1. The van der Waals surface area contributed by atoms with Crippen LogP contribution < -0.4 is 15.2 Å². The summed E-state index contributed by atoms with van der Waals surface area (Å²) in [5, 5.41) is -0.229. The molecule has 18 heavy (non-hydrogen) atoms. The van der Waals surface area contributed by atoms with E-state index in [0.717, 1.165) is 18.3 Å². The van der Waals surface area contributed by atoms with E-state index in [9.17, 15) is 4.79 Å². The normalized spacial score (nSPS) is 11.9. The van der Waals surface area contributed by atoms with Gasteiger partial charge in [-0.05, 0) is 18.9 Å². The number of ether oxygens (including phenoxy) is 2. The fourth-order valence-electron chi connectivity index (χ4n) is 1.73. The molecule has 1 aromatic carbocycles. The molecule has 0 heterocycles. The van der Waals surface area contributed by atoms with Crippen molar-refractivity contribution in [2.75, 3.05) is 20.0 Å². The minimum atomic E-state index is -0.229. The molecule has 100 valence electrons. The second kappa shape index (κ2) is 7.11. The van der Waals surface area contributed by atoms with Crippen molar-refractivity contribution in [1.29, 1.82) is 0 Å². The number of benzene rings is 1. The molecule has 2 N–H and O–H groups in total. The molecule has 0 bridgehead atoms. The zero-order valence-electron chi connectivity index (χ0n) is 10.6. The van der Waals surface area contributed by atoms with E-state index >= 15 is 0 Å². The molecule has 5 heteroatoms. The molecule has 0 fully saturated rings. The number of aldehydes is 1. The van der Waals surface area contributed by atoms with Gasteiger partial charge in [0.2, 0.25) is 0 Å². The highest BCUT2D eigenvalue weighted by molar-refractivity contribution is 6.21. The number of carbonyl (C=O) groups is 1. The molecule has 1 aromatic rings. The van der Waals surface area contributed by atoms with E-state index in [4.69, 9.17) is 26.8 Å². The molecule has 0 aliphatic carbocycles. The lowest BCUT2D eigenvalue weighted by atomic mass is 10.0. The standard InChI is InChI=1S/C13H18ClNO3/c1-17-12-8-13(18-2)11(15)7-9(12)10(14)5-3-4-6-16/h6-8,10H,3-5,15H2,1-2H3. The predicted molar refractivity (Wildman–Crippen MR) is 72.5 cm³/mol. The average Bonchev–Trinajstić information content (AvgIpc) is 2.38. The zero-order valence-corrected chi connectivity index (χ0v) is 11.4. The molecule has 0 saturated carbocycles. The second-order valence-corrected chi connectivity index (χ2v) is 4.43. The molecular weight excluding hydrogens is 254 g/mol. The van der Waals surface area contributed by atoms with Gasteiger partial charge in [-0.25, -0.2) is 0 Å². The number of hydrogen-bond acceptors (Lipinski definition) is 4. The first kappa shape index (κ1) is 14.6. The fourth-order valence-corrected chi connectivity index (χ4v) is 2.05. The Morgan fingerprint density at radius 3 is 2.56 bits per heavy atom. The molecular formula is C13H18ClNO3. The molecule has 0 spiro atoms. The van der Waals surface area contributed by atoms with Crippen molar-refractivity contribution >= 4 is 23.6 Å². The van der Waals surface area contributed by atoms with E-state index in [-0.39, 0.29) is 5.38 Å². The van der Waals surface area contributed by atoms with Crippen LogP contribution in [0.3, 0.4) is 0 Å². The lowest BCUT2D eigenvalue weighted by molar-refractivity contribution is -0.107. The highest BCUT2D eigenvalue weighted by atomic mass is 35.5. The van der Waals surface area contributed by atoms with Crippen molar-refractivity contribution in [2.45, 2.75) is 24.6 Å². The second-order valence-electron chi connectivity index (χ2n) is 3.90. The number of hydrogen-bond donors (Lipinski definition) is 1. The third kappa shape index (κ3) is 3.53. The van der Waals surface area contributed by atoms with Gasteiger partial charge in [0.25, 0.3) is 0 Å². The van der Waals surface area contributed by atoms with Crippen molar-refractivity contribution in [3.8, 4) is 11.5 Å². The van der Waals surface area contributed by atoms with E-state index in [1.54, 1.807) is 26.4 Å². The highest BCUT2D eigenvalue weighted by Crippen LogP contribution is 2.38. The molecule has 0 aliphatic heterocycles. The summed E-state index contributed by atoms with van der Waals surface area (Å²) in [4.78, 5) is 10.3. The lowest BCUT2D eigenvalue weighted by Gasteiger charge is -2.16. The van der Waals surface area contributed by atoms with Gasteiger partial charge in [0.05, 0.1) is 25.3 Å². The quantitative estimate of drug-likeness (QED) is 0.358. The Hall–Kier alpha value is -1.42. The number of methoxy groups -OCH3 is 2. The van der Waals surface area contributed by atoms with E-state index in [1.165, 1.54) is 0 Å². The van der Waals surface area contributed by atoms with Crippen LogP contribution in [0.2, 0.25) is 0 Å². The van der Waals surface area contributed by atoms with Crippen LogP contribution in [-0.2, 0) is 4.79 Å². The largest absolute Gasteiger partial charge is 0.496 e. The first-order chi connectivity index (χ1) is 8.63. The van der Waals surface area contributed by atoms with Crippen LogP contribution >= 0.6 is 11.6 Å². The summed E-state index contributed by atoms with van der Waals surface area (Å²) >= 11 is 6.30. The Labute approximate surface area is 112 Å². The molecule has 0 aliphatic rings. The summed E-state index contributed by atoms with van der Waals surface area (Å²) < 4.78 is 10.4. The lowest BCUT2D eigenvalue weighted by Crippen LogP contribution is -2.00. The van der Waals surface area contributed by atoms with Gasteiger partial charge in [-0.3, -0.25) is 0 Å². The van der Waals surface area contributed by atoms with E-state index < -0.39 is 0 Å². The summed E-state index contributed by atoms with van der Waals surface area (Å²) in [6.07, 6.45) is 2.84. The Morgan fingerprint density at radius 2 is 2.00 bits per heavy atom. The first-order valence-electron chi connectivity index (χ1n) is 5.73. The molecule has 0 saturated heterocycles. The number of halogens is 1. The smallest absolute Gasteiger partial charge is 0.145 e. The van der Waals surface area contributed by atoms with E-state index in [2.05, 4.69) is 0 Å². The Morgan fingerprint density at radius 1 is 1.33 bits per heavy atom. The molecule has 4 nitrogen and oxygen atoms in total. The van der Waals surface area contributed by atoms with Crippen molar-refractivity contribution in [3.05, 3.63) is 17.7 Å². The van der Waals surface area contributed by atoms with Crippen molar-refractivity contribution in [2.24, 2.45) is 0 Å². The van der Waals surface area contributed by atoms with Crippen molar-refractivity contribution < 1.29 is 14.3 Å². The van der Waals surface area contributed by atoms with Crippen molar-refractivity contribution in [3.63, 3.8) is 0 Å². The van der Waals surface area contributed by atoms with Gasteiger partial charge >= 0.3 is 0 Å². The average molecular weight is 272 g/mol. The van der Waals surface area contributed by atoms with Crippen LogP contribution in [-0.4, -0.2) is 20.5 Å². The van der Waals surface area contributed by atoms with Crippen LogP contribution in [0.25, 0.3) is 0 Å². The van der Waals surface area contributed by atoms with Crippen LogP contribution in [0, 0.1) is 0 Å². The van der Waals surface area contributed by atoms with Gasteiger partial charge in [-0.2, -0.15) is 0 Å². The maximum Gasteiger partial charge on any atom is 0.145 e. The number of rotatable bonds is 7. The van der Waals surface area contributed by atoms with Crippen molar-refractivity contribution in [1.82, 2.24) is 0 Å². The van der Waals surface area contributed by atoms with Crippen LogP contribution in [0.5, 0.6) is 11.5 Å². The molecule has 1 atom stereocenters. The van der Waals surface area contributed by atoms with E-state index in [0.29, 0.717) is 30.0 Å². The van der Waals surface area contributed by atoms with Gasteiger partial charge < -0.3 is 20.0 Å². The maximum atomic E-state index is 10.3. The third-order valence-electron chi connectivity index (χ3n) is 2.70. The third-order valence-corrected chi connectivity index (χ3v) is 3.15. The topological polar surface area (TPSA) is 61.5 Å². The van der Waals surface area contributed by atoms with Gasteiger partial charge in [0, 0.05) is 18.1 Å². The molecule has 1 unspecified atom stereocenters. The molecule has 0 radical (unpaired) electrons. The number of carbonyl (C=O) groups excluding carboxylic acids is 1.